The molecule has 0 saturated carbocycles. The quantitative estimate of drug-likeness (QED) is 0.325. The highest BCUT2D eigenvalue weighted by atomic mass is 79.9. The monoisotopic (exact) mass is 469 g/mol. The van der Waals surface area contributed by atoms with Gasteiger partial charge in [0.2, 0.25) is 0 Å². The molecule has 1 aliphatic rings. The number of benzene rings is 2. The Morgan fingerprint density at radius 3 is 2.34 bits per heavy atom. The molecule has 2 N–H and O–H groups in total. The first-order valence-corrected chi connectivity index (χ1v) is 10.5. The number of nitrogens with zero attached hydrogens (tertiary/aromatic N) is 1. The fourth-order valence-electron chi connectivity index (χ4n) is 3.38. The number of carbonyl (C=O) groups is 2. The summed E-state index contributed by atoms with van der Waals surface area (Å²) in [7, 11) is 0. The van der Waals surface area contributed by atoms with Crippen LogP contribution >= 0.6 is 27.3 Å². The van der Waals surface area contributed by atoms with Crippen molar-refractivity contribution in [1.82, 2.24) is 4.90 Å². The average Bonchev–Trinajstić information content (AvgIpc) is 3.31. The molecule has 1 atom stereocenters. The predicted molar refractivity (Wildman–Crippen MR) is 114 cm³/mol. The van der Waals surface area contributed by atoms with E-state index in [9.17, 15) is 19.8 Å². The molecular weight excluding hydrogens is 454 g/mol. The van der Waals surface area contributed by atoms with E-state index in [-0.39, 0.29) is 23.6 Å². The average molecular weight is 470 g/mol. The van der Waals surface area contributed by atoms with Crippen molar-refractivity contribution in [2.24, 2.45) is 0 Å². The highest BCUT2D eigenvalue weighted by molar-refractivity contribution is 9.10. The van der Waals surface area contributed by atoms with E-state index in [2.05, 4.69) is 15.9 Å². The lowest BCUT2D eigenvalue weighted by molar-refractivity contribution is -0.140. The van der Waals surface area contributed by atoms with Gasteiger partial charge in [-0.05, 0) is 41.3 Å². The van der Waals surface area contributed by atoms with Crippen LogP contribution in [0.1, 0.15) is 22.0 Å². The molecular formula is C22H16BrNO4S. The molecule has 0 radical (unpaired) electrons. The first-order chi connectivity index (χ1) is 14.0. The number of carbonyl (C=O) groups excluding carboxylic acids is 2. The van der Waals surface area contributed by atoms with Gasteiger partial charge in [0, 0.05) is 14.9 Å². The Balaban J connectivity index is 1.86. The van der Waals surface area contributed by atoms with E-state index in [1.54, 1.807) is 36.4 Å². The zero-order valence-corrected chi connectivity index (χ0v) is 17.5. The Morgan fingerprint density at radius 2 is 1.72 bits per heavy atom. The van der Waals surface area contributed by atoms with E-state index < -0.39 is 17.7 Å². The van der Waals surface area contributed by atoms with Crippen LogP contribution < -0.4 is 0 Å². The standard InChI is InChI=1S/C22H16BrNO4S/c23-15-7-3-14(4-8-15)20(26)18-19(13-5-9-16(25)10-6-13)24(22(28)21(18)27)12-17-2-1-11-29-17/h1-11,19,25-26H,12H2/b20-18-. The molecule has 7 heteroatoms. The summed E-state index contributed by atoms with van der Waals surface area (Å²) >= 11 is 4.84. The van der Waals surface area contributed by atoms with Crippen LogP contribution in [0, 0.1) is 0 Å². The molecule has 2 aromatic carbocycles. The number of phenols is 1. The van der Waals surface area contributed by atoms with Crippen molar-refractivity contribution in [2.75, 3.05) is 0 Å². The van der Waals surface area contributed by atoms with Gasteiger partial charge in [0.1, 0.15) is 11.5 Å². The summed E-state index contributed by atoms with van der Waals surface area (Å²) in [5.41, 5.74) is 1.13. The SMILES string of the molecule is O=C1C(=O)N(Cc2cccs2)C(c2ccc(O)cc2)/C1=C(/O)c1ccc(Br)cc1. The molecule has 0 bridgehead atoms. The lowest BCUT2D eigenvalue weighted by atomic mass is 9.95. The largest absolute Gasteiger partial charge is 0.508 e. The minimum absolute atomic E-state index is 0.0413. The minimum atomic E-state index is -0.749. The number of Topliss-reactive ketones (excluding diaryl/α,β-unsaturated/α-hetero) is 1. The second-order valence-corrected chi connectivity index (χ2v) is 8.55. The molecule has 0 spiro atoms. The van der Waals surface area contributed by atoms with Gasteiger partial charge >= 0.3 is 0 Å². The molecule has 0 aliphatic carbocycles. The maximum Gasteiger partial charge on any atom is 0.295 e. The number of thiophene rings is 1. The number of aliphatic hydroxyl groups excluding tert-OH is 1. The van der Waals surface area contributed by atoms with E-state index in [1.807, 2.05) is 17.5 Å². The summed E-state index contributed by atoms with van der Waals surface area (Å²) in [6, 6.07) is 16.2. The highest BCUT2D eigenvalue weighted by Gasteiger charge is 2.46. The summed E-state index contributed by atoms with van der Waals surface area (Å²) < 4.78 is 0.835. The number of hydrogen-bond donors (Lipinski definition) is 2. The zero-order chi connectivity index (χ0) is 20.5. The lowest BCUT2D eigenvalue weighted by Gasteiger charge is -2.25. The van der Waals surface area contributed by atoms with Gasteiger partial charge < -0.3 is 15.1 Å². The van der Waals surface area contributed by atoms with Crippen molar-refractivity contribution in [2.45, 2.75) is 12.6 Å². The van der Waals surface area contributed by atoms with Crippen molar-refractivity contribution in [3.63, 3.8) is 0 Å². The number of amides is 1. The van der Waals surface area contributed by atoms with Crippen LogP contribution in [-0.4, -0.2) is 26.8 Å². The molecule has 2 heterocycles. The van der Waals surface area contributed by atoms with Crippen LogP contribution in [0.3, 0.4) is 0 Å². The van der Waals surface area contributed by atoms with E-state index in [1.165, 1.54) is 28.4 Å². The maximum atomic E-state index is 12.9. The van der Waals surface area contributed by atoms with Gasteiger partial charge in [-0.15, -0.1) is 11.3 Å². The Bertz CT molecular complexity index is 1090. The summed E-state index contributed by atoms with van der Waals surface area (Å²) in [5, 5.41) is 22.5. The molecule has 146 valence electrons. The number of ketones is 1. The second-order valence-electron chi connectivity index (χ2n) is 6.60. The Kier molecular flexibility index (Phi) is 5.25. The Morgan fingerprint density at radius 1 is 1.03 bits per heavy atom. The van der Waals surface area contributed by atoms with Crippen molar-refractivity contribution in [1.29, 1.82) is 0 Å². The van der Waals surface area contributed by atoms with E-state index in [0.717, 1.165) is 9.35 Å². The molecule has 1 fully saturated rings. The van der Waals surface area contributed by atoms with Crippen molar-refractivity contribution < 1.29 is 19.8 Å². The first-order valence-electron chi connectivity index (χ1n) is 8.81. The van der Waals surface area contributed by atoms with Gasteiger partial charge in [-0.1, -0.05) is 46.3 Å². The predicted octanol–water partition coefficient (Wildman–Crippen LogP) is 4.84. The summed E-state index contributed by atoms with van der Waals surface area (Å²) in [6.07, 6.45) is 0. The van der Waals surface area contributed by atoms with Crippen LogP contribution in [0.2, 0.25) is 0 Å². The molecule has 3 aromatic rings. The number of phenolic OH excluding ortho intramolecular Hbond substituents is 1. The van der Waals surface area contributed by atoms with Crippen LogP contribution in [-0.2, 0) is 16.1 Å². The van der Waals surface area contributed by atoms with Gasteiger partial charge in [-0.3, -0.25) is 9.59 Å². The Labute approximate surface area is 179 Å². The normalized spacial score (nSPS) is 18.4. The van der Waals surface area contributed by atoms with E-state index >= 15 is 0 Å². The van der Waals surface area contributed by atoms with Crippen molar-refractivity contribution >= 4 is 44.7 Å². The van der Waals surface area contributed by atoms with E-state index in [4.69, 9.17) is 0 Å². The smallest absolute Gasteiger partial charge is 0.295 e. The number of hydrogen-bond acceptors (Lipinski definition) is 5. The third kappa shape index (κ3) is 3.71. The van der Waals surface area contributed by atoms with Gasteiger partial charge in [0.15, 0.2) is 0 Å². The summed E-state index contributed by atoms with van der Waals surface area (Å²) in [6.45, 7) is 0.255. The summed E-state index contributed by atoms with van der Waals surface area (Å²) in [4.78, 5) is 28.2. The lowest BCUT2D eigenvalue weighted by Crippen LogP contribution is -2.28. The molecule has 1 amide bonds. The topological polar surface area (TPSA) is 77.8 Å². The molecule has 1 aromatic heterocycles. The number of aromatic hydroxyl groups is 1. The first kappa shape index (κ1) is 19.4. The van der Waals surface area contributed by atoms with Gasteiger partial charge in [0.05, 0.1) is 18.2 Å². The zero-order valence-electron chi connectivity index (χ0n) is 15.1. The molecule has 4 rings (SSSR count). The third-order valence-corrected chi connectivity index (χ3v) is 6.16. The highest BCUT2D eigenvalue weighted by Crippen LogP contribution is 2.41. The van der Waals surface area contributed by atoms with Gasteiger partial charge in [0.25, 0.3) is 11.7 Å². The number of rotatable bonds is 4. The Hall–Kier alpha value is -2.90. The molecule has 5 nitrogen and oxygen atoms in total. The number of aliphatic hydroxyl groups is 1. The second kappa shape index (κ2) is 7.85. The third-order valence-electron chi connectivity index (χ3n) is 4.77. The van der Waals surface area contributed by atoms with Crippen molar-refractivity contribution in [3.8, 4) is 5.75 Å². The van der Waals surface area contributed by atoms with Gasteiger partial charge in [-0.2, -0.15) is 0 Å². The minimum Gasteiger partial charge on any atom is -0.508 e. The molecule has 1 unspecified atom stereocenters. The molecule has 29 heavy (non-hydrogen) atoms. The van der Waals surface area contributed by atoms with Crippen LogP contribution in [0.25, 0.3) is 5.76 Å². The van der Waals surface area contributed by atoms with Crippen LogP contribution in [0.5, 0.6) is 5.75 Å². The maximum absolute atomic E-state index is 12.9. The van der Waals surface area contributed by atoms with E-state index in [0.29, 0.717) is 11.1 Å². The fraction of sp³-hybridized carbons (Fsp3) is 0.0909. The number of halogens is 1. The molecule has 1 aliphatic heterocycles. The number of likely N-dealkylation sites (tertiary alicyclic amines) is 1. The van der Waals surface area contributed by atoms with Crippen LogP contribution in [0.15, 0.2) is 76.1 Å². The van der Waals surface area contributed by atoms with Crippen molar-refractivity contribution in [3.05, 3.63) is 92.1 Å². The summed E-state index contributed by atoms with van der Waals surface area (Å²) in [5.74, 6) is -1.52. The molecule has 1 saturated heterocycles. The van der Waals surface area contributed by atoms with Crippen LogP contribution in [0.4, 0.5) is 0 Å². The van der Waals surface area contributed by atoms with Gasteiger partial charge in [-0.25, -0.2) is 0 Å². The fourth-order valence-corrected chi connectivity index (χ4v) is 4.35.